The molecular weight excluding hydrogens is 270 g/mol. The van der Waals surface area contributed by atoms with E-state index < -0.39 is 0 Å². The van der Waals surface area contributed by atoms with E-state index in [9.17, 15) is 4.79 Å². The molecule has 0 aliphatic rings. The Hall–Kier alpha value is -2.89. The molecule has 0 unspecified atom stereocenters. The minimum atomic E-state index is -0.372. The molecule has 2 rings (SSSR count). The molecule has 4 N–H and O–H groups in total. The lowest BCUT2D eigenvalue weighted by atomic mass is 10.2. The Morgan fingerprint density at radius 2 is 1.71 bits per heavy atom. The first-order valence-corrected chi connectivity index (χ1v) is 6.28. The van der Waals surface area contributed by atoms with E-state index in [1.165, 1.54) is 7.11 Å². The van der Waals surface area contributed by atoms with Crippen molar-refractivity contribution in [2.75, 3.05) is 30.6 Å². The van der Waals surface area contributed by atoms with Gasteiger partial charge < -0.3 is 25.8 Å². The minimum Gasteiger partial charge on any atom is -0.497 e. The van der Waals surface area contributed by atoms with Crippen LogP contribution in [-0.2, 0) is 0 Å². The Morgan fingerprint density at radius 1 is 1.00 bits per heavy atom. The van der Waals surface area contributed by atoms with Crippen LogP contribution in [0, 0.1) is 0 Å². The van der Waals surface area contributed by atoms with Crippen molar-refractivity contribution in [3.8, 4) is 11.5 Å². The molecule has 0 radical (unpaired) electrons. The number of rotatable bonds is 4. The predicted octanol–water partition coefficient (Wildman–Crippen LogP) is 2.93. The van der Waals surface area contributed by atoms with E-state index in [1.807, 2.05) is 0 Å². The molecule has 0 aliphatic carbocycles. The Labute approximate surface area is 122 Å². The molecule has 0 fully saturated rings. The molecule has 6 heteroatoms. The lowest BCUT2D eigenvalue weighted by molar-refractivity contribution is 0.262. The number of nitrogen functional groups attached to an aromatic ring is 1. The highest BCUT2D eigenvalue weighted by Gasteiger charge is 2.09. The van der Waals surface area contributed by atoms with Gasteiger partial charge in [0.2, 0.25) is 0 Å². The van der Waals surface area contributed by atoms with Crippen LogP contribution < -0.4 is 25.8 Å². The van der Waals surface area contributed by atoms with Crippen LogP contribution in [0.15, 0.2) is 42.5 Å². The van der Waals surface area contributed by atoms with E-state index in [-0.39, 0.29) is 6.03 Å². The highest BCUT2D eigenvalue weighted by Crippen LogP contribution is 2.29. The number of benzene rings is 2. The lowest BCUT2D eigenvalue weighted by Gasteiger charge is -2.12. The van der Waals surface area contributed by atoms with Crippen LogP contribution in [0.2, 0.25) is 0 Å². The van der Waals surface area contributed by atoms with Gasteiger partial charge in [0.1, 0.15) is 11.5 Å². The van der Waals surface area contributed by atoms with Crippen molar-refractivity contribution in [1.82, 2.24) is 0 Å². The van der Waals surface area contributed by atoms with Gasteiger partial charge in [0, 0.05) is 17.4 Å². The molecule has 0 aliphatic heterocycles. The fourth-order valence-electron chi connectivity index (χ4n) is 1.75. The smallest absolute Gasteiger partial charge is 0.323 e. The van der Waals surface area contributed by atoms with Gasteiger partial charge in [-0.05, 0) is 36.4 Å². The third kappa shape index (κ3) is 3.79. The molecule has 0 saturated carbocycles. The van der Waals surface area contributed by atoms with Gasteiger partial charge in [-0.2, -0.15) is 0 Å². The number of nitrogens with two attached hydrogens (primary N) is 1. The molecule has 0 aromatic heterocycles. The first-order valence-electron chi connectivity index (χ1n) is 6.28. The summed E-state index contributed by atoms with van der Waals surface area (Å²) in [4.78, 5) is 11.9. The van der Waals surface area contributed by atoms with Crippen LogP contribution in [0.5, 0.6) is 11.5 Å². The summed E-state index contributed by atoms with van der Waals surface area (Å²) in [6, 6.07) is 11.6. The van der Waals surface area contributed by atoms with E-state index in [0.29, 0.717) is 28.6 Å². The van der Waals surface area contributed by atoms with Crippen LogP contribution in [-0.4, -0.2) is 20.3 Å². The van der Waals surface area contributed by atoms with E-state index in [2.05, 4.69) is 10.6 Å². The second-order valence-electron chi connectivity index (χ2n) is 4.27. The molecule has 21 heavy (non-hydrogen) atoms. The zero-order chi connectivity index (χ0) is 15.2. The van der Waals surface area contributed by atoms with Gasteiger partial charge >= 0.3 is 6.03 Å². The Bertz CT molecular complexity index is 627. The molecule has 0 spiro atoms. The van der Waals surface area contributed by atoms with Crippen LogP contribution in [0.1, 0.15) is 0 Å². The van der Waals surface area contributed by atoms with Crippen molar-refractivity contribution >= 4 is 23.1 Å². The van der Waals surface area contributed by atoms with Gasteiger partial charge in [0.25, 0.3) is 0 Å². The Morgan fingerprint density at radius 3 is 2.33 bits per heavy atom. The first-order chi connectivity index (χ1) is 10.1. The van der Waals surface area contributed by atoms with Gasteiger partial charge in [0.05, 0.1) is 19.9 Å². The minimum absolute atomic E-state index is 0.372. The molecule has 2 aromatic rings. The SMILES string of the molecule is COc1ccc(NC(=O)Nc2ccc(N)cc2)c(OC)c1. The number of methoxy groups -OCH3 is 2. The lowest BCUT2D eigenvalue weighted by Crippen LogP contribution is -2.19. The number of hydrogen-bond donors (Lipinski definition) is 3. The van der Waals surface area contributed by atoms with Gasteiger partial charge in [-0.25, -0.2) is 4.79 Å². The number of carbonyl (C=O) groups is 1. The van der Waals surface area contributed by atoms with Crippen molar-refractivity contribution in [2.24, 2.45) is 0 Å². The molecule has 110 valence electrons. The monoisotopic (exact) mass is 287 g/mol. The fourth-order valence-corrected chi connectivity index (χ4v) is 1.75. The van der Waals surface area contributed by atoms with Crippen LogP contribution in [0.4, 0.5) is 21.9 Å². The maximum Gasteiger partial charge on any atom is 0.323 e. The summed E-state index contributed by atoms with van der Waals surface area (Å²) in [7, 11) is 3.09. The van der Waals surface area contributed by atoms with Crippen molar-refractivity contribution < 1.29 is 14.3 Å². The second-order valence-corrected chi connectivity index (χ2v) is 4.27. The summed E-state index contributed by atoms with van der Waals surface area (Å²) in [5, 5.41) is 5.42. The number of hydrogen-bond acceptors (Lipinski definition) is 4. The van der Waals surface area contributed by atoms with Gasteiger partial charge in [-0.15, -0.1) is 0 Å². The van der Waals surface area contributed by atoms with Crippen molar-refractivity contribution in [1.29, 1.82) is 0 Å². The molecule has 0 saturated heterocycles. The van der Waals surface area contributed by atoms with Gasteiger partial charge in [-0.1, -0.05) is 0 Å². The van der Waals surface area contributed by atoms with E-state index >= 15 is 0 Å². The molecule has 0 atom stereocenters. The Balaban J connectivity index is 2.07. The normalized spacial score (nSPS) is 9.81. The van der Waals surface area contributed by atoms with Crippen molar-refractivity contribution in [2.45, 2.75) is 0 Å². The molecule has 0 heterocycles. The summed E-state index contributed by atoms with van der Waals surface area (Å²) >= 11 is 0. The molecular formula is C15H17N3O3. The largest absolute Gasteiger partial charge is 0.497 e. The number of carbonyl (C=O) groups excluding carboxylic acids is 1. The fraction of sp³-hybridized carbons (Fsp3) is 0.133. The standard InChI is InChI=1S/C15H17N3O3/c1-20-12-7-8-13(14(9-12)21-2)18-15(19)17-11-5-3-10(16)4-6-11/h3-9H,16H2,1-2H3,(H2,17,18,19). The quantitative estimate of drug-likeness (QED) is 0.755. The molecule has 6 nitrogen and oxygen atoms in total. The van der Waals surface area contributed by atoms with Crippen molar-refractivity contribution in [3.63, 3.8) is 0 Å². The maximum atomic E-state index is 11.9. The second kappa shape index (κ2) is 6.51. The van der Waals surface area contributed by atoms with Crippen LogP contribution in [0.3, 0.4) is 0 Å². The highest BCUT2D eigenvalue weighted by molar-refractivity contribution is 6.00. The zero-order valence-electron chi connectivity index (χ0n) is 11.8. The van der Waals surface area contributed by atoms with Gasteiger partial charge in [-0.3, -0.25) is 0 Å². The average Bonchev–Trinajstić information content (AvgIpc) is 2.50. The third-order valence-electron chi connectivity index (χ3n) is 2.83. The summed E-state index contributed by atoms with van der Waals surface area (Å²) in [6.45, 7) is 0. The predicted molar refractivity (Wildman–Crippen MR) is 83.0 cm³/mol. The molecule has 0 bridgehead atoms. The topological polar surface area (TPSA) is 85.6 Å². The summed E-state index contributed by atoms with van der Waals surface area (Å²) in [6.07, 6.45) is 0. The number of ether oxygens (including phenoxy) is 2. The average molecular weight is 287 g/mol. The zero-order valence-corrected chi connectivity index (χ0v) is 11.8. The number of urea groups is 1. The number of anilines is 3. The first kappa shape index (κ1) is 14.5. The number of nitrogens with one attached hydrogen (secondary N) is 2. The summed E-state index contributed by atoms with van der Waals surface area (Å²) < 4.78 is 10.3. The van der Waals surface area contributed by atoms with E-state index in [4.69, 9.17) is 15.2 Å². The summed E-state index contributed by atoms with van der Waals surface area (Å²) in [5.74, 6) is 1.16. The number of amides is 2. The van der Waals surface area contributed by atoms with Crippen molar-refractivity contribution in [3.05, 3.63) is 42.5 Å². The third-order valence-corrected chi connectivity index (χ3v) is 2.83. The van der Waals surface area contributed by atoms with Crippen LogP contribution in [0.25, 0.3) is 0 Å². The summed E-state index contributed by atoms with van der Waals surface area (Å²) in [5.41, 5.74) is 7.42. The Kier molecular flexibility index (Phi) is 4.50. The molecule has 2 amide bonds. The van der Waals surface area contributed by atoms with Crippen LogP contribution >= 0.6 is 0 Å². The maximum absolute atomic E-state index is 11.9. The van der Waals surface area contributed by atoms with E-state index in [0.717, 1.165) is 0 Å². The van der Waals surface area contributed by atoms with Gasteiger partial charge in [0.15, 0.2) is 0 Å². The van der Waals surface area contributed by atoms with E-state index in [1.54, 1.807) is 49.6 Å². The molecule has 2 aromatic carbocycles. The highest BCUT2D eigenvalue weighted by atomic mass is 16.5.